The van der Waals surface area contributed by atoms with Gasteiger partial charge < -0.3 is 9.47 Å². The summed E-state index contributed by atoms with van der Waals surface area (Å²) in [5.41, 5.74) is 2.46. The lowest BCUT2D eigenvalue weighted by atomic mass is 9.87. The minimum Gasteiger partial charge on any atom is -0.374 e. The van der Waals surface area contributed by atoms with E-state index < -0.39 is 44.3 Å². The van der Waals surface area contributed by atoms with Crippen LogP contribution in [0.1, 0.15) is 34.1 Å². The van der Waals surface area contributed by atoms with E-state index in [1.54, 1.807) is 24.3 Å². The lowest BCUT2D eigenvalue weighted by molar-refractivity contribution is 0.0683. The maximum absolute atomic E-state index is 11.9. The largest absolute Gasteiger partial charge is 0.374 e. The third-order valence-electron chi connectivity index (χ3n) is 5.74. The van der Waals surface area contributed by atoms with Gasteiger partial charge in [-0.3, -0.25) is 9.11 Å². The Morgan fingerprint density at radius 1 is 0.733 bits per heavy atom. The van der Waals surface area contributed by atoms with Gasteiger partial charge in [0.15, 0.2) is 0 Å². The first-order valence-electron chi connectivity index (χ1n) is 9.36. The Kier molecular flexibility index (Phi) is 5.28. The van der Waals surface area contributed by atoms with Gasteiger partial charge in [-0.2, -0.15) is 16.8 Å². The molecule has 2 heterocycles. The molecule has 8 nitrogen and oxygen atoms in total. The van der Waals surface area contributed by atoms with E-state index in [-0.39, 0.29) is 23.0 Å². The monoisotopic (exact) mass is 454 g/mol. The van der Waals surface area contributed by atoms with Gasteiger partial charge >= 0.3 is 0 Å². The highest BCUT2D eigenvalue weighted by atomic mass is 32.2. The van der Waals surface area contributed by atoms with Crippen molar-refractivity contribution >= 4 is 20.2 Å². The second-order valence-electron chi connectivity index (χ2n) is 7.84. The summed E-state index contributed by atoms with van der Waals surface area (Å²) >= 11 is 0. The third-order valence-corrected chi connectivity index (χ3v) is 7.59. The van der Waals surface area contributed by atoms with Crippen LogP contribution < -0.4 is 0 Å². The van der Waals surface area contributed by atoms with Crippen LogP contribution in [0, 0.1) is 13.8 Å². The molecule has 4 atom stereocenters. The third kappa shape index (κ3) is 3.79. The van der Waals surface area contributed by atoms with Crippen molar-refractivity contribution in [2.24, 2.45) is 0 Å². The average Bonchev–Trinajstić information content (AvgIpc) is 3.21. The van der Waals surface area contributed by atoms with Crippen LogP contribution in [-0.4, -0.2) is 51.4 Å². The number of hydrogen-bond acceptors (Lipinski definition) is 6. The highest BCUT2D eigenvalue weighted by molar-refractivity contribution is 7.86. The average molecular weight is 455 g/mol. The van der Waals surface area contributed by atoms with Crippen LogP contribution in [0.3, 0.4) is 0 Å². The van der Waals surface area contributed by atoms with Gasteiger partial charge in [0.2, 0.25) is 0 Å². The summed E-state index contributed by atoms with van der Waals surface area (Å²) in [7, 11) is -8.87. The van der Waals surface area contributed by atoms with Gasteiger partial charge in [-0.1, -0.05) is 35.4 Å². The highest BCUT2D eigenvalue weighted by Gasteiger charge is 2.50. The summed E-state index contributed by atoms with van der Waals surface area (Å²) < 4.78 is 78.7. The molecule has 0 amide bonds. The molecule has 0 radical (unpaired) electrons. The van der Waals surface area contributed by atoms with Crippen LogP contribution in [-0.2, 0) is 29.7 Å². The van der Waals surface area contributed by atoms with Crippen molar-refractivity contribution in [2.75, 3.05) is 13.2 Å². The van der Waals surface area contributed by atoms with Crippen molar-refractivity contribution in [3.63, 3.8) is 0 Å². The van der Waals surface area contributed by atoms with E-state index in [4.69, 9.17) is 9.47 Å². The maximum atomic E-state index is 11.9. The molecule has 30 heavy (non-hydrogen) atoms. The first kappa shape index (κ1) is 21.4. The molecule has 0 bridgehead atoms. The van der Waals surface area contributed by atoms with Crippen molar-refractivity contribution in [3.05, 3.63) is 58.7 Å². The molecule has 2 aromatic carbocycles. The number of fused-ring (bicyclic) bond motifs is 1. The zero-order chi connectivity index (χ0) is 21.8. The van der Waals surface area contributed by atoms with Crippen molar-refractivity contribution in [2.45, 2.75) is 47.7 Å². The summed E-state index contributed by atoms with van der Waals surface area (Å²) in [5.74, 6) is -0.897. The van der Waals surface area contributed by atoms with Crippen molar-refractivity contribution in [1.29, 1.82) is 0 Å². The number of rotatable bonds is 4. The Labute approximate surface area is 175 Å². The van der Waals surface area contributed by atoms with E-state index in [9.17, 15) is 25.9 Å². The van der Waals surface area contributed by atoms with Crippen LogP contribution in [0.2, 0.25) is 0 Å². The Bertz CT molecular complexity index is 1110. The molecule has 2 N–H and O–H groups in total. The van der Waals surface area contributed by atoms with Crippen molar-refractivity contribution in [1.82, 2.24) is 0 Å². The standard InChI is InChI=1S/C20H22O8S2/c1-11-3-5-17(29(21,22)23)13(7-11)15-9-27-20-16(10-28-19(15)20)14-8-12(2)4-6-18(14)30(24,25)26/h3-8,15-16,19-20H,9-10H2,1-2H3,(H,21,22,23)(H,24,25,26)/t15-,16+,19-,20-/m0/s1. The maximum Gasteiger partial charge on any atom is 0.294 e. The molecule has 4 rings (SSSR count). The molecular weight excluding hydrogens is 432 g/mol. The van der Waals surface area contributed by atoms with Crippen LogP contribution >= 0.6 is 0 Å². The fraction of sp³-hybridized carbons (Fsp3) is 0.400. The topological polar surface area (TPSA) is 127 Å². The molecule has 162 valence electrons. The van der Waals surface area contributed by atoms with E-state index in [2.05, 4.69) is 0 Å². The van der Waals surface area contributed by atoms with Crippen LogP contribution in [0.5, 0.6) is 0 Å². The summed E-state index contributed by atoms with van der Waals surface area (Å²) in [4.78, 5) is -0.382. The second-order valence-corrected chi connectivity index (χ2v) is 10.6. The molecule has 0 aliphatic carbocycles. The zero-order valence-corrected chi connectivity index (χ0v) is 18.0. The number of aryl methyl sites for hydroxylation is 2. The van der Waals surface area contributed by atoms with Gasteiger partial charge in [-0.15, -0.1) is 0 Å². The van der Waals surface area contributed by atoms with Gasteiger partial charge in [0.25, 0.3) is 20.2 Å². The number of ether oxygens (including phenoxy) is 2. The Morgan fingerprint density at radius 2 is 1.10 bits per heavy atom. The fourth-order valence-corrected chi connectivity index (χ4v) is 5.91. The Balaban J connectivity index is 1.73. The van der Waals surface area contributed by atoms with Gasteiger partial charge in [-0.05, 0) is 37.1 Å². The van der Waals surface area contributed by atoms with Gasteiger partial charge in [0.1, 0.15) is 0 Å². The fourth-order valence-electron chi connectivity index (χ4n) is 4.42. The molecule has 0 spiro atoms. The van der Waals surface area contributed by atoms with E-state index in [0.717, 1.165) is 11.1 Å². The number of benzene rings is 2. The Hall–Kier alpha value is -1.82. The van der Waals surface area contributed by atoms with E-state index in [0.29, 0.717) is 11.1 Å². The first-order valence-corrected chi connectivity index (χ1v) is 12.2. The van der Waals surface area contributed by atoms with Crippen LogP contribution in [0.25, 0.3) is 0 Å². The molecule has 10 heteroatoms. The summed E-state index contributed by atoms with van der Waals surface area (Å²) in [6.45, 7) is 3.94. The Morgan fingerprint density at radius 3 is 1.43 bits per heavy atom. The molecule has 2 saturated heterocycles. The molecular formula is C20H22O8S2. The predicted molar refractivity (Wildman–Crippen MR) is 107 cm³/mol. The molecule has 0 aromatic heterocycles. The predicted octanol–water partition coefficient (Wildman–Crippen LogP) is 2.46. The molecule has 2 aliphatic rings. The lowest BCUT2D eigenvalue weighted by Crippen LogP contribution is -2.26. The van der Waals surface area contributed by atoms with Crippen molar-refractivity contribution < 1.29 is 35.4 Å². The second kappa shape index (κ2) is 7.40. The van der Waals surface area contributed by atoms with Gasteiger partial charge in [-0.25, -0.2) is 0 Å². The summed E-state index contributed by atoms with van der Waals surface area (Å²) in [5, 5.41) is 0. The quantitative estimate of drug-likeness (QED) is 0.675. The van der Waals surface area contributed by atoms with Crippen molar-refractivity contribution in [3.8, 4) is 0 Å². The molecule has 2 aliphatic heterocycles. The molecule has 2 fully saturated rings. The first-order chi connectivity index (χ1) is 14.0. The lowest BCUT2D eigenvalue weighted by Gasteiger charge is -2.20. The van der Waals surface area contributed by atoms with Gasteiger partial charge in [0.05, 0.1) is 35.2 Å². The van der Waals surface area contributed by atoms with Crippen LogP contribution in [0.4, 0.5) is 0 Å². The highest BCUT2D eigenvalue weighted by Crippen LogP contribution is 2.46. The summed E-state index contributed by atoms with van der Waals surface area (Å²) in [6, 6.07) is 9.29. The molecule has 0 unspecified atom stereocenters. The van der Waals surface area contributed by atoms with E-state index in [1.807, 2.05) is 13.8 Å². The minimum absolute atomic E-state index is 0.158. The number of hydrogen-bond donors (Lipinski definition) is 2. The smallest absolute Gasteiger partial charge is 0.294 e. The van der Waals surface area contributed by atoms with E-state index >= 15 is 0 Å². The molecule has 0 saturated carbocycles. The van der Waals surface area contributed by atoms with E-state index in [1.165, 1.54) is 12.1 Å². The summed E-state index contributed by atoms with van der Waals surface area (Å²) in [6.07, 6.45) is -1.04. The normalized spacial score (nSPS) is 26.7. The SMILES string of the molecule is Cc1ccc(S(=O)(=O)O)c([C@H]2CO[C@@H]3[C@H]2OC[C@H]3c2cc(C)ccc2S(=O)(=O)O)c1. The van der Waals surface area contributed by atoms with Crippen LogP contribution in [0.15, 0.2) is 46.2 Å². The van der Waals surface area contributed by atoms with Gasteiger partial charge in [0, 0.05) is 11.8 Å². The zero-order valence-electron chi connectivity index (χ0n) is 16.3. The molecule has 2 aromatic rings. The minimum atomic E-state index is -4.44.